The quantitative estimate of drug-likeness (QED) is 0.355. The summed E-state index contributed by atoms with van der Waals surface area (Å²) in [4.78, 5) is 37.5. The lowest BCUT2D eigenvalue weighted by Crippen LogP contribution is -2.31. The Balaban J connectivity index is 1.66. The molecule has 0 aliphatic rings. The number of aromatic nitrogens is 2. The molecule has 2 amide bonds. The maximum Gasteiger partial charge on any atom is 0.305 e. The van der Waals surface area contributed by atoms with Crippen LogP contribution in [0.4, 0.5) is 5.82 Å². The first-order valence-corrected chi connectivity index (χ1v) is 11.0. The highest BCUT2D eigenvalue weighted by atomic mass is 16.4. The average Bonchev–Trinajstić information content (AvgIpc) is 3.28. The van der Waals surface area contributed by atoms with E-state index < -0.39 is 17.9 Å². The topological polar surface area (TPSA) is 113 Å². The van der Waals surface area contributed by atoms with Gasteiger partial charge in [0, 0.05) is 11.6 Å². The number of anilines is 1. The number of carboxylic acids is 1. The minimum Gasteiger partial charge on any atom is -0.481 e. The average molecular weight is 469 g/mol. The Hall–Kier alpha value is -4.72. The Morgan fingerprint density at radius 2 is 1.51 bits per heavy atom. The fraction of sp³-hybridized carbons (Fsp3) is 0.111. The molecule has 0 aliphatic heterocycles. The van der Waals surface area contributed by atoms with Crippen molar-refractivity contribution in [3.8, 4) is 5.69 Å². The van der Waals surface area contributed by atoms with Crippen LogP contribution in [-0.4, -0.2) is 32.7 Å². The third-order valence-electron chi connectivity index (χ3n) is 5.47. The Morgan fingerprint density at radius 3 is 2.17 bits per heavy atom. The van der Waals surface area contributed by atoms with Gasteiger partial charge >= 0.3 is 5.97 Å². The summed E-state index contributed by atoms with van der Waals surface area (Å²) in [5.74, 6) is -1.63. The van der Waals surface area contributed by atoms with Crippen molar-refractivity contribution in [3.63, 3.8) is 0 Å². The minimum atomic E-state index is -1.04. The van der Waals surface area contributed by atoms with Gasteiger partial charge in [-0.15, -0.1) is 0 Å². The van der Waals surface area contributed by atoms with Gasteiger partial charge < -0.3 is 15.7 Å². The summed E-state index contributed by atoms with van der Waals surface area (Å²) in [6.07, 6.45) is -0.284. The molecule has 0 saturated heterocycles. The molecule has 3 N–H and O–H groups in total. The molecular formula is C27H24N4O4. The van der Waals surface area contributed by atoms with Crippen molar-refractivity contribution in [1.82, 2.24) is 15.1 Å². The molecule has 0 bridgehead atoms. The first-order chi connectivity index (χ1) is 16.9. The molecule has 1 atom stereocenters. The number of rotatable bonds is 8. The van der Waals surface area contributed by atoms with E-state index in [4.69, 9.17) is 0 Å². The normalized spacial score (nSPS) is 11.5. The molecule has 0 spiro atoms. The number of benzene rings is 3. The Labute approximate surface area is 202 Å². The van der Waals surface area contributed by atoms with Crippen molar-refractivity contribution < 1.29 is 19.5 Å². The highest BCUT2D eigenvalue weighted by molar-refractivity contribution is 6.04. The number of aryl methyl sites for hydroxylation is 1. The van der Waals surface area contributed by atoms with Crippen LogP contribution in [0, 0.1) is 6.92 Å². The van der Waals surface area contributed by atoms with Crippen LogP contribution in [0.15, 0.2) is 91.0 Å². The fourth-order valence-corrected chi connectivity index (χ4v) is 3.75. The summed E-state index contributed by atoms with van der Waals surface area (Å²) in [5.41, 5.74) is 2.73. The van der Waals surface area contributed by atoms with Crippen LogP contribution in [-0.2, 0) is 4.79 Å². The predicted octanol–water partition coefficient (Wildman–Crippen LogP) is 4.38. The van der Waals surface area contributed by atoms with Crippen molar-refractivity contribution in [3.05, 3.63) is 113 Å². The van der Waals surface area contributed by atoms with Gasteiger partial charge in [-0.1, -0.05) is 60.7 Å². The molecule has 1 aromatic heterocycles. The number of carbonyl (C=O) groups is 3. The number of hydrogen-bond donors (Lipinski definition) is 3. The third kappa shape index (κ3) is 5.62. The summed E-state index contributed by atoms with van der Waals surface area (Å²) in [6, 6.07) is 25.8. The van der Waals surface area contributed by atoms with Crippen molar-refractivity contribution in [2.24, 2.45) is 0 Å². The molecule has 8 heteroatoms. The first kappa shape index (κ1) is 23.4. The molecule has 0 radical (unpaired) electrons. The van der Waals surface area contributed by atoms with Crippen molar-refractivity contribution in [2.45, 2.75) is 19.4 Å². The van der Waals surface area contributed by atoms with Gasteiger partial charge in [-0.25, -0.2) is 4.68 Å². The highest BCUT2D eigenvalue weighted by Crippen LogP contribution is 2.23. The molecule has 4 rings (SSSR count). The van der Waals surface area contributed by atoms with Gasteiger partial charge in [-0.3, -0.25) is 14.4 Å². The van der Waals surface area contributed by atoms with E-state index in [9.17, 15) is 19.5 Å². The van der Waals surface area contributed by atoms with E-state index in [1.54, 1.807) is 48.5 Å². The van der Waals surface area contributed by atoms with Crippen LogP contribution in [0.5, 0.6) is 0 Å². The van der Waals surface area contributed by atoms with Gasteiger partial charge in [-0.2, -0.15) is 5.10 Å². The van der Waals surface area contributed by atoms with Gasteiger partial charge in [0.1, 0.15) is 5.82 Å². The molecule has 4 aromatic rings. The SMILES string of the molecule is Cc1ccccc1[C@H](CC(=O)O)NC(=O)c1cc(NC(=O)c2ccccc2)n(-c2ccccc2)n1. The maximum absolute atomic E-state index is 13.2. The van der Waals surface area contributed by atoms with E-state index in [1.165, 1.54) is 10.7 Å². The predicted molar refractivity (Wildman–Crippen MR) is 132 cm³/mol. The second-order valence-electron chi connectivity index (χ2n) is 7.96. The Morgan fingerprint density at radius 1 is 0.886 bits per heavy atom. The lowest BCUT2D eigenvalue weighted by molar-refractivity contribution is -0.137. The number of para-hydroxylation sites is 1. The molecule has 8 nitrogen and oxygen atoms in total. The molecule has 35 heavy (non-hydrogen) atoms. The van der Waals surface area contributed by atoms with E-state index in [-0.39, 0.29) is 18.0 Å². The van der Waals surface area contributed by atoms with Gasteiger partial charge in [0.2, 0.25) is 0 Å². The van der Waals surface area contributed by atoms with E-state index >= 15 is 0 Å². The molecule has 3 aromatic carbocycles. The van der Waals surface area contributed by atoms with E-state index in [0.29, 0.717) is 22.6 Å². The number of carboxylic acid groups (broad SMARTS) is 1. The monoisotopic (exact) mass is 468 g/mol. The number of aliphatic carboxylic acids is 1. The maximum atomic E-state index is 13.2. The fourth-order valence-electron chi connectivity index (χ4n) is 3.75. The second-order valence-corrected chi connectivity index (χ2v) is 7.96. The van der Waals surface area contributed by atoms with Gasteiger partial charge in [0.05, 0.1) is 18.2 Å². The van der Waals surface area contributed by atoms with Gasteiger partial charge in [0.25, 0.3) is 11.8 Å². The van der Waals surface area contributed by atoms with Crippen molar-refractivity contribution >= 4 is 23.6 Å². The smallest absolute Gasteiger partial charge is 0.305 e. The number of amides is 2. The summed E-state index contributed by atoms with van der Waals surface area (Å²) in [5, 5.41) is 19.4. The number of hydrogen-bond acceptors (Lipinski definition) is 4. The molecule has 0 unspecified atom stereocenters. The molecular weight excluding hydrogens is 444 g/mol. The zero-order chi connectivity index (χ0) is 24.8. The summed E-state index contributed by atoms with van der Waals surface area (Å²) in [6.45, 7) is 1.86. The highest BCUT2D eigenvalue weighted by Gasteiger charge is 2.23. The minimum absolute atomic E-state index is 0.0428. The number of nitrogens with one attached hydrogen (secondary N) is 2. The van der Waals surface area contributed by atoms with Gasteiger partial charge in [-0.05, 0) is 42.3 Å². The van der Waals surface area contributed by atoms with Crippen LogP contribution in [0.2, 0.25) is 0 Å². The van der Waals surface area contributed by atoms with Crippen LogP contribution in [0.1, 0.15) is 44.4 Å². The van der Waals surface area contributed by atoms with Crippen LogP contribution >= 0.6 is 0 Å². The van der Waals surface area contributed by atoms with Crippen molar-refractivity contribution in [2.75, 3.05) is 5.32 Å². The first-order valence-electron chi connectivity index (χ1n) is 11.0. The van der Waals surface area contributed by atoms with Gasteiger partial charge in [0.15, 0.2) is 5.69 Å². The molecule has 1 heterocycles. The molecule has 0 aliphatic carbocycles. The number of carbonyl (C=O) groups excluding carboxylic acids is 2. The molecule has 0 saturated carbocycles. The lowest BCUT2D eigenvalue weighted by Gasteiger charge is -2.18. The third-order valence-corrected chi connectivity index (χ3v) is 5.47. The van der Waals surface area contributed by atoms with E-state index in [0.717, 1.165) is 5.56 Å². The van der Waals surface area contributed by atoms with Crippen molar-refractivity contribution in [1.29, 1.82) is 0 Å². The number of nitrogens with zero attached hydrogens (tertiary/aromatic N) is 2. The lowest BCUT2D eigenvalue weighted by atomic mass is 9.98. The van der Waals surface area contributed by atoms with Crippen LogP contribution < -0.4 is 10.6 Å². The Bertz CT molecular complexity index is 1350. The summed E-state index contributed by atoms with van der Waals surface area (Å²) < 4.78 is 1.47. The molecule has 176 valence electrons. The van der Waals surface area contributed by atoms with Crippen LogP contribution in [0.3, 0.4) is 0 Å². The van der Waals surface area contributed by atoms with Crippen LogP contribution in [0.25, 0.3) is 5.69 Å². The summed E-state index contributed by atoms with van der Waals surface area (Å²) >= 11 is 0. The largest absolute Gasteiger partial charge is 0.481 e. The zero-order valence-electron chi connectivity index (χ0n) is 19.0. The summed E-state index contributed by atoms with van der Waals surface area (Å²) in [7, 11) is 0. The Kier molecular flexibility index (Phi) is 7.02. The van der Waals surface area contributed by atoms with E-state index in [1.807, 2.05) is 43.3 Å². The second kappa shape index (κ2) is 10.5. The van der Waals surface area contributed by atoms with E-state index in [2.05, 4.69) is 15.7 Å². The zero-order valence-corrected chi connectivity index (χ0v) is 19.0. The molecule has 0 fully saturated rings. The standard InChI is InChI=1S/C27H24N4O4/c1-18-10-8-9-15-21(18)22(17-25(32)33)28-27(35)23-16-24(29-26(34)19-11-4-2-5-12-19)31(30-23)20-13-6-3-7-14-20/h2-16,22H,17H2,1H3,(H,28,35)(H,29,34)(H,32,33)/t22-/m0/s1.